The molecule has 0 bridgehead atoms. The largest absolute Gasteiger partial charge is 0.319 e. The molecule has 0 aliphatic rings. The number of hydrogen-bond acceptors (Lipinski definition) is 2. The van der Waals surface area contributed by atoms with E-state index in [4.69, 9.17) is 5.73 Å². The van der Waals surface area contributed by atoms with Crippen molar-refractivity contribution in [2.45, 2.75) is 39.8 Å². The summed E-state index contributed by atoms with van der Waals surface area (Å²) in [6.07, 6.45) is 1.82. The highest BCUT2D eigenvalue weighted by Crippen LogP contribution is 2.30. The summed E-state index contributed by atoms with van der Waals surface area (Å²) in [5.74, 6) is 0. The molecule has 1 aromatic carbocycles. The number of halogens is 1. The van der Waals surface area contributed by atoms with Crippen molar-refractivity contribution in [2.24, 2.45) is 5.73 Å². The van der Waals surface area contributed by atoms with Gasteiger partial charge in [0.1, 0.15) is 0 Å². The first-order valence-electron chi connectivity index (χ1n) is 6.47. The number of aromatic nitrogens is 2. The van der Waals surface area contributed by atoms with Crippen molar-refractivity contribution in [1.82, 2.24) is 9.78 Å². The molecule has 1 heterocycles. The maximum absolute atomic E-state index is 6.46. The summed E-state index contributed by atoms with van der Waals surface area (Å²) in [5, 5.41) is 4.40. The predicted octanol–water partition coefficient (Wildman–Crippen LogP) is 3.89. The van der Waals surface area contributed by atoms with Gasteiger partial charge in [-0.2, -0.15) is 5.10 Å². The zero-order chi connectivity index (χ0) is 14.2. The fraction of sp³-hybridized carbons (Fsp3) is 0.400. The zero-order valence-corrected chi connectivity index (χ0v) is 13.4. The van der Waals surface area contributed by atoms with E-state index >= 15 is 0 Å². The molecule has 0 fully saturated rings. The number of hydrogen-bond donors (Lipinski definition) is 1. The van der Waals surface area contributed by atoms with Crippen LogP contribution < -0.4 is 5.73 Å². The fourth-order valence-corrected chi connectivity index (χ4v) is 2.89. The molecule has 0 radical (unpaired) electrons. The van der Waals surface area contributed by atoms with Crippen molar-refractivity contribution in [3.05, 3.63) is 51.3 Å². The Kier molecular flexibility index (Phi) is 4.11. The van der Waals surface area contributed by atoms with E-state index in [9.17, 15) is 0 Å². The monoisotopic (exact) mass is 321 g/mol. The molecule has 1 aromatic heterocycles. The minimum Gasteiger partial charge on any atom is -0.319 e. The molecule has 2 N–H and O–H groups in total. The van der Waals surface area contributed by atoms with Crippen molar-refractivity contribution in [3.63, 3.8) is 0 Å². The molecule has 0 aliphatic carbocycles. The number of nitrogens with zero attached hydrogens (tertiary/aromatic N) is 2. The Morgan fingerprint density at radius 2 is 1.95 bits per heavy atom. The van der Waals surface area contributed by atoms with Crippen LogP contribution in [0.15, 0.2) is 28.9 Å². The van der Waals surface area contributed by atoms with E-state index in [2.05, 4.69) is 66.9 Å². The average Bonchev–Trinajstić information content (AvgIpc) is 2.70. The van der Waals surface area contributed by atoms with Crippen LogP contribution in [0.25, 0.3) is 0 Å². The lowest BCUT2D eigenvalue weighted by Crippen LogP contribution is -2.20. The second-order valence-corrected chi connectivity index (χ2v) is 6.11. The van der Waals surface area contributed by atoms with Crippen LogP contribution in [-0.2, 0) is 0 Å². The maximum atomic E-state index is 6.46. The third-order valence-corrected chi connectivity index (χ3v) is 3.94. The lowest BCUT2D eigenvalue weighted by atomic mass is 9.97. The molecule has 0 saturated carbocycles. The molecule has 0 aliphatic heterocycles. The standard InChI is InChI=1S/C15H20BrN3/c1-9(2)19-15(13(16)8-18-19)14(17)12-6-5-10(3)7-11(12)4/h5-9,14H,17H2,1-4H3. The van der Waals surface area contributed by atoms with Crippen LogP contribution >= 0.6 is 15.9 Å². The third kappa shape index (κ3) is 2.74. The second kappa shape index (κ2) is 5.47. The van der Waals surface area contributed by atoms with Crippen LogP contribution in [0.2, 0.25) is 0 Å². The van der Waals surface area contributed by atoms with Crippen LogP contribution in [0.4, 0.5) is 0 Å². The van der Waals surface area contributed by atoms with Gasteiger partial charge in [0.15, 0.2) is 0 Å². The summed E-state index contributed by atoms with van der Waals surface area (Å²) >= 11 is 3.56. The Balaban J connectivity index is 2.49. The first-order chi connectivity index (χ1) is 8.91. The van der Waals surface area contributed by atoms with E-state index in [-0.39, 0.29) is 12.1 Å². The first kappa shape index (κ1) is 14.3. The van der Waals surface area contributed by atoms with Crippen LogP contribution in [0, 0.1) is 13.8 Å². The summed E-state index contributed by atoms with van der Waals surface area (Å²) in [6.45, 7) is 8.41. The fourth-order valence-electron chi connectivity index (χ4n) is 2.38. The highest BCUT2D eigenvalue weighted by Gasteiger charge is 2.20. The van der Waals surface area contributed by atoms with Gasteiger partial charge in [0.05, 0.1) is 22.4 Å². The number of nitrogens with two attached hydrogens (primary N) is 1. The van der Waals surface area contributed by atoms with Gasteiger partial charge in [-0.25, -0.2) is 0 Å². The van der Waals surface area contributed by atoms with Crippen LogP contribution in [0.3, 0.4) is 0 Å². The van der Waals surface area contributed by atoms with Crippen LogP contribution in [0.5, 0.6) is 0 Å². The summed E-state index contributed by atoms with van der Waals surface area (Å²) in [4.78, 5) is 0. The lowest BCUT2D eigenvalue weighted by molar-refractivity contribution is 0.498. The van der Waals surface area contributed by atoms with Crippen molar-refractivity contribution in [3.8, 4) is 0 Å². The van der Waals surface area contributed by atoms with Gasteiger partial charge >= 0.3 is 0 Å². The Bertz CT molecular complexity index is 587. The smallest absolute Gasteiger partial charge is 0.0742 e. The zero-order valence-electron chi connectivity index (χ0n) is 11.8. The summed E-state index contributed by atoms with van der Waals surface area (Å²) in [7, 11) is 0. The molecule has 0 saturated heterocycles. The van der Waals surface area contributed by atoms with E-state index < -0.39 is 0 Å². The van der Waals surface area contributed by atoms with Gasteiger partial charge in [-0.15, -0.1) is 0 Å². The van der Waals surface area contributed by atoms with Gasteiger partial charge in [-0.1, -0.05) is 23.8 Å². The van der Waals surface area contributed by atoms with E-state index in [0.29, 0.717) is 0 Å². The quantitative estimate of drug-likeness (QED) is 0.931. The van der Waals surface area contributed by atoms with Crippen LogP contribution in [-0.4, -0.2) is 9.78 Å². The lowest BCUT2D eigenvalue weighted by Gasteiger charge is -2.19. The van der Waals surface area contributed by atoms with Gasteiger partial charge < -0.3 is 5.73 Å². The Morgan fingerprint density at radius 1 is 1.26 bits per heavy atom. The Labute approximate surface area is 122 Å². The molecule has 4 heteroatoms. The maximum Gasteiger partial charge on any atom is 0.0742 e. The minimum absolute atomic E-state index is 0.167. The van der Waals surface area contributed by atoms with Crippen LogP contribution in [0.1, 0.15) is 48.3 Å². The normalized spacial score (nSPS) is 13.0. The molecule has 1 atom stereocenters. The van der Waals surface area contributed by atoms with E-state index in [1.54, 1.807) is 0 Å². The molecular formula is C15H20BrN3. The van der Waals surface area contributed by atoms with Gasteiger partial charge in [-0.05, 0) is 54.8 Å². The molecular weight excluding hydrogens is 302 g/mol. The molecule has 19 heavy (non-hydrogen) atoms. The molecule has 2 aromatic rings. The molecule has 3 nitrogen and oxygen atoms in total. The minimum atomic E-state index is -0.167. The van der Waals surface area contributed by atoms with Crippen molar-refractivity contribution < 1.29 is 0 Å². The topological polar surface area (TPSA) is 43.8 Å². The molecule has 0 spiro atoms. The van der Waals surface area contributed by atoms with E-state index in [1.165, 1.54) is 11.1 Å². The predicted molar refractivity (Wildman–Crippen MR) is 82.3 cm³/mol. The molecule has 2 rings (SSSR count). The third-order valence-electron chi connectivity index (χ3n) is 3.33. The van der Waals surface area contributed by atoms with Crippen molar-refractivity contribution >= 4 is 15.9 Å². The van der Waals surface area contributed by atoms with Crippen molar-refractivity contribution in [1.29, 1.82) is 0 Å². The average molecular weight is 322 g/mol. The Hall–Kier alpha value is -1.13. The van der Waals surface area contributed by atoms with Gasteiger partial charge in [0.25, 0.3) is 0 Å². The summed E-state index contributed by atoms with van der Waals surface area (Å²) < 4.78 is 2.95. The summed E-state index contributed by atoms with van der Waals surface area (Å²) in [6, 6.07) is 6.50. The SMILES string of the molecule is Cc1ccc(C(N)c2c(Br)cnn2C(C)C)c(C)c1. The summed E-state index contributed by atoms with van der Waals surface area (Å²) in [5.41, 5.74) is 11.1. The van der Waals surface area contributed by atoms with E-state index in [1.807, 2.05) is 10.9 Å². The molecule has 0 amide bonds. The first-order valence-corrected chi connectivity index (χ1v) is 7.26. The molecule has 1 unspecified atom stereocenters. The number of rotatable bonds is 3. The van der Waals surface area contributed by atoms with Gasteiger partial charge in [-0.3, -0.25) is 4.68 Å². The van der Waals surface area contributed by atoms with E-state index in [0.717, 1.165) is 15.7 Å². The number of aryl methyl sites for hydroxylation is 2. The van der Waals surface area contributed by atoms with Crippen molar-refractivity contribution in [2.75, 3.05) is 0 Å². The Morgan fingerprint density at radius 3 is 2.53 bits per heavy atom. The number of benzene rings is 1. The van der Waals surface area contributed by atoms with Gasteiger partial charge in [0.2, 0.25) is 0 Å². The highest BCUT2D eigenvalue weighted by atomic mass is 79.9. The molecule has 102 valence electrons. The van der Waals surface area contributed by atoms with Gasteiger partial charge in [0, 0.05) is 6.04 Å². The highest BCUT2D eigenvalue weighted by molar-refractivity contribution is 9.10. The second-order valence-electron chi connectivity index (χ2n) is 5.25.